The van der Waals surface area contributed by atoms with Crippen LogP contribution in [-0.2, 0) is 22.6 Å². The van der Waals surface area contributed by atoms with Crippen LogP contribution in [0.1, 0.15) is 24.0 Å². The van der Waals surface area contributed by atoms with Crippen molar-refractivity contribution in [1.82, 2.24) is 14.7 Å². The normalized spacial score (nSPS) is 21.0. The van der Waals surface area contributed by atoms with E-state index in [0.29, 0.717) is 13.1 Å². The van der Waals surface area contributed by atoms with Crippen LogP contribution in [0, 0.1) is 0 Å². The van der Waals surface area contributed by atoms with Crippen LogP contribution in [-0.4, -0.2) is 58.2 Å². The topological polar surface area (TPSA) is 60.9 Å². The van der Waals surface area contributed by atoms with Gasteiger partial charge in [-0.05, 0) is 30.4 Å². The molecule has 0 spiro atoms. The predicted octanol–water partition coefficient (Wildman–Crippen LogP) is 0.998. The molecule has 0 radical (unpaired) electrons. The Hall–Kier alpha value is -2.37. The molecule has 1 aromatic carbocycles. The van der Waals surface area contributed by atoms with Crippen molar-refractivity contribution in [3.8, 4) is 0 Å². The summed E-state index contributed by atoms with van der Waals surface area (Å²) in [6.07, 6.45) is 2.74. The minimum atomic E-state index is -0.303. The average Bonchev–Trinajstić information content (AvgIpc) is 3.37. The minimum absolute atomic E-state index is 0.125. The smallest absolute Gasteiger partial charge is 0.327 e. The lowest BCUT2D eigenvalue weighted by Crippen LogP contribution is -2.45. The van der Waals surface area contributed by atoms with E-state index in [2.05, 4.69) is 6.07 Å². The van der Waals surface area contributed by atoms with Gasteiger partial charge in [0.15, 0.2) is 0 Å². The zero-order valence-corrected chi connectivity index (χ0v) is 12.9. The van der Waals surface area contributed by atoms with Crippen molar-refractivity contribution in [2.24, 2.45) is 0 Å². The van der Waals surface area contributed by atoms with Crippen LogP contribution >= 0.6 is 0 Å². The van der Waals surface area contributed by atoms with Crippen LogP contribution in [0.2, 0.25) is 0 Å². The monoisotopic (exact) mass is 313 g/mol. The summed E-state index contributed by atoms with van der Waals surface area (Å²) in [7, 11) is 0. The highest BCUT2D eigenvalue weighted by molar-refractivity contribution is 6.04. The SMILES string of the molecule is O=C(CN1C(=O)CN(C2CC2)C1=O)N1CCc2ccccc2C1. The lowest BCUT2D eigenvalue weighted by Gasteiger charge is -2.30. The van der Waals surface area contributed by atoms with Gasteiger partial charge in [0, 0.05) is 19.1 Å². The molecular weight excluding hydrogens is 294 g/mol. The Kier molecular flexibility index (Phi) is 3.32. The van der Waals surface area contributed by atoms with Crippen molar-refractivity contribution in [3.05, 3.63) is 35.4 Å². The maximum Gasteiger partial charge on any atom is 0.327 e. The van der Waals surface area contributed by atoms with E-state index in [4.69, 9.17) is 0 Å². The summed E-state index contributed by atoms with van der Waals surface area (Å²) in [5.74, 6) is -0.411. The molecule has 0 N–H and O–H groups in total. The number of rotatable bonds is 3. The third-order valence-electron chi connectivity index (χ3n) is 4.85. The number of imide groups is 1. The summed E-state index contributed by atoms with van der Waals surface area (Å²) in [5, 5.41) is 0. The fourth-order valence-corrected chi connectivity index (χ4v) is 3.33. The average molecular weight is 313 g/mol. The Labute approximate surface area is 134 Å². The van der Waals surface area contributed by atoms with Crippen molar-refractivity contribution in [2.45, 2.75) is 31.8 Å². The number of nitrogens with zero attached hydrogens (tertiary/aromatic N) is 3. The number of hydrogen-bond acceptors (Lipinski definition) is 3. The molecule has 23 heavy (non-hydrogen) atoms. The van der Waals surface area contributed by atoms with E-state index >= 15 is 0 Å². The van der Waals surface area contributed by atoms with Gasteiger partial charge in [-0.25, -0.2) is 4.79 Å². The molecule has 0 atom stereocenters. The zero-order chi connectivity index (χ0) is 16.0. The van der Waals surface area contributed by atoms with E-state index in [1.807, 2.05) is 18.2 Å². The molecule has 0 aromatic heterocycles. The van der Waals surface area contributed by atoms with Gasteiger partial charge in [-0.15, -0.1) is 0 Å². The van der Waals surface area contributed by atoms with E-state index < -0.39 is 0 Å². The largest absolute Gasteiger partial charge is 0.336 e. The third kappa shape index (κ3) is 2.58. The highest BCUT2D eigenvalue weighted by Gasteiger charge is 2.44. The maximum absolute atomic E-state index is 12.5. The summed E-state index contributed by atoms with van der Waals surface area (Å²) in [4.78, 5) is 41.3. The lowest BCUT2D eigenvalue weighted by molar-refractivity contribution is -0.137. The second kappa shape index (κ2) is 5.37. The maximum atomic E-state index is 12.5. The summed E-state index contributed by atoms with van der Waals surface area (Å²) in [6, 6.07) is 7.98. The Morgan fingerprint density at radius 1 is 1.09 bits per heavy atom. The molecule has 2 fully saturated rings. The number of carbonyl (C=O) groups is 3. The second-order valence-electron chi connectivity index (χ2n) is 6.46. The van der Waals surface area contributed by atoms with Crippen molar-refractivity contribution in [3.63, 3.8) is 0 Å². The van der Waals surface area contributed by atoms with Crippen molar-refractivity contribution in [2.75, 3.05) is 19.6 Å². The molecule has 6 nitrogen and oxygen atoms in total. The van der Waals surface area contributed by atoms with E-state index in [9.17, 15) is 14.4 Å². The number of hydrogen-bond donors (Lipinski definition) is 0. The third-order valence-corrected chi connectivity index (χ3v) is 4.85. The van der Waals surface area contributed by atoms with E-state index in [1.54, 1.807) is 9.80 Å². The Bertz CT molecular complexity index is 683. The van der Waals surface area contributed by atoms with E-state index in [0.717, 1.165) is 29.7 Å². The van der Waals surface area contributed by atoms with Crippen LogP contribution in [0.4, 0.5) is 4.79 Å². The predicted molar refractivity (Wildman–Crippen MR) is 82.4 cm³/mol. The standard InChI is InChI=1S/C17H19N3O3/c21-15(18-8-7-12-3-1-2-4-13(12)9-18)10-20-16(22)11-19(17(20)23)14-5-6-14/h1-4,14H,5-11H2. The van der Waals surface area contributed by atoms with Crippen LogP contribution in [0.3, 0.4) is 0 Å². The van der Waals surface area contributed by atoms with Gasteiger partial charge < -0.3 is 9.80 Å². The summed E-state index contributed by atoms with van der Waals surface area (Å²) in [6.45, 7) is 1.18. The van der Waals surface area contributed by atoms with Gasteiger partial charge in [0.2, 0.25) is 5.91 Å². The number of carbonyl (C=O) groups excluding carboxylic acids is 3. The van der Waals surface area contributed by atoms with Gasteiger partial charge in [-0.2, -0.15) is 0 Å². The molecule has 4 amide bonds. The first-order valence-electron chi connectivity index (χ1n) is 8.09. The first kappa shape index (κ1) is 14.2. The molecule has 1 saturated carbocycles. The van der Waals surface area contributed by atoms with Crippen LogP contribution in [0.25, 0.3) is 0 Å². The molecule has 6 heteroatoms. The molecule has 0 bridgehead atoms. The summed E-state index contributed by atoms with van der Waals surface area (Å²) < 4.78 is 0. The number of amides is 4. The molecular formula is C17H19N3O3. The molecule has 1 aliphatic carbocycles. The van der Waals surface area contributed by atoms with Crippen molar-refractivity contribution in [1.29, 1.82) is 0 Å². The molecule has 2 aliphatic heterocycles. The fraction of sp³-hybridized carbons (Fsp3) is 0.471. The highest BCUT2D eigenvalue weighted by Crippen LogP contribution is 2.30. The number of benzene rings is 1. The van der Waals surface area contributed by atoms with E-state index in [1.165, 1.54) is 5.56 Å². The van der Waals surface area contributed by atoms with Gasteiger partial charge in [0.1, 0.15) is 13.1 Å². The Morgan fingerprint density at radius 2 is 1.83 bits per heavy atom. The first-order chi connectivity index (χ1) is 11.1. The molecule has 4 rings (SSSR count). The summed E-state index contributed by atoms with van der Waals surface area (Å²) in [5.41, 5.74) is 2.41. The molecule has 1 aromatic rings. The molecule has 2 heterocycles. The zero-order valence-electron chi connectivity index (χ0n) is 12.9. The quantitative estimate of drug-likeness (QED) is 0.782. The highest BCUT2D eigenvalue weighted by atomic mass is 16.2. The summed E-state index contributed by atoms with van der Waals surface area (Å²) >= 11 is 0. The number of fused-ring (bicyclic) bond motifs is 1. The van der Waals surface area contributed by atoms with Crippen molar-refractivity contribution >= 4 is 17.8 Å². The first-order valence-corrected chi connectivity index (χ1v) is 8.09. The second-order valence-corrected chi connectivity index (χ2v) is 6.46. The molecule has 120 valence electrons. The van der Waals surface area contributed by atoms with Gasteiger partial charge in [0.05, 0.1) is 0 Å². The van der Waals surface area contributed by atoms with Crippen LogP contribution < -0.4 is 0 Å². The van der Waals surface area contributed by atoms with Gasteiger partial charge >= 0.3 is 6.03 Å². The van der Waals surface area contributed by atoms with Crippen molar-refractivity contribution < 1.29 is 14.4 Å². The van der Waals surface area contributed by atoms with Gasteiger partial charge in [-0.1, -0.05) is 24.3 Å². The van der Waals surface area contributed by atoms with E-state index in [-0.39, 0.29) is 37.0 Å². The lowest BCUT2D eigenvalue weighted by atomic mass is 10.00. The van der Waals surface area contributed by atoms with Gasteiger partial charge in [0.25, 0.3) is 5.91 Å². The number of urea groups is 1. The Morgan fingerprint density at radius 3 is 2.57 bits per heavy atom. The van der Waals surface area contributed by atoms with Crippen LogP contribution in [0.15, 0.2) is 24.3 Å². The minimum Gasteiger partial charge on any atom is -0.336 e. The Balaban J connectivity index is 1.42. The van der Waals surface area contributed by atoms with Crippen LogP contribution in [0.5, 0.6) is 0 Å². The molecule has 3 aliphatic rings. The molecule has 1 saturated heterocycles. The van der Waals surface area contributed by atoms with Gasteiger partial charge in [-0.3, -0.25) is 14.5 Å². The fourth-order valence-electron chi connectivity index (χ4n) is 3.33. The molecule has 0 unspecified atom stereocenters.